The van der Waals surface area contributed by atoms with E-state index in [1.807, 2.05) is 12.1 Å². The second-order valence-electron chi connectivity index (χ2n) is 7.09. The molecule has 7 nitrogen and oxygen atoms in total. The third kappa shape index (κ3) is 4.86. The minimum absolute atomic E-state index is 0.0975. The standard InChI is InChI=1S/C23H28N4O3/c1-3-26(4-2)15-13-25-21(28)17-9-11-18(12-10-17)24-14-16-27-22(29)19-7-5-6-8-20(19)23(27)30/h5-12,24H,3-4,13-16H2,1-2H3,(H,25,28). The fraction of sp³-hybridized carbons (Fsp3) is 0.348. The van der Waals surface area contributed by atoms with Gasteiger partial charge in [0.2, 0.25) is 0 Å². The Bertz CT molecular complexity index is 872. The van der Waals surface area contributed by atoms with Crippen LogP contribution in [0.15, 0.2) is 48.5 Å². The maximum atomic E-state index is 12.4. The van der Waals surface area contributed by atoms with Crippen LogP contribution < -0.4 is 10.6 Å². The third-order valence-corrected chi connectivity index (χ3v) is 5.30. The quantitative estimate of drug-likeness (QED) is 0.590. The van der Waals surface area contributed by atoms with Crippen LogP contribution in [0.25, 0.3) is 0 Å². The molecule has 158 valence electrons. The lowest BCUT2D eigenvalue weighted by Crippen LogP contribution is -2.34. The SMILES string of the molecule is CCN(CC)CCNC(=O)c1ccc(NCCN2C(=O)c3ccccc3C2=O)cc1. The second kappa shape index (κ2) is 10.0. The number of carbonyl (C=O) groups excluding carboxylic acids is 3. The maximum Gasteiger partial charge on any atom is 0.261 e. The van der Waals surface area contributed by atoms with Crippen LogP contribution in [0.5, 0.6) is 0 Å². The first-order chi connectivity index (χ1) is 14.5. The van der Waals surface area contributed by atoms with Gasteiger partial charge in [-0.2, -0.15) is 0 Å². The summed E-state index contributed by atoms with van der Waals surface area (Å²) < 4.78 is 0. The molecule has 0 aromatic heterocycles. The van der Waals surface area contributed by atoms with Crippen LogP contribution in [-0.2, 0) is 0 Å². The van der Waals surface area contributed by atoms with Crippen molar-refractivity contribution in [1.82, 2.24) is 15.1 Å². The van der Waals surface area contributed by atoms with Crippen LogP contribution >= 0.6 is 0 Å². The normalized spacial score (nSPS) is 13.0. The van der Waals surface area contributed by atoms with Crippen LogP contribution in [0.2, 0.25) is 0 Å². The van der Waals surface area contributed by atoms with Crippen molar-refractivity contribution in [3.8, 4) is 0 Å². The average Bonchev–Trinajstić information content (AvgIpc) is 3.02. The molecule has 1 heterocycles. The summed E-state index contributed by atoms with van der Waals surface area (Å²) in [7, 11) is 0. The van der Waals surface area contributed by atoms with Crippen LogP contribution in [0.4, 0.5) is 5.69 Å². The van der Waals surface area contributed by atoms with Crippen molar-refractivity contribution in [2.75, 3.05) is 44.6 Å². The summed E-state index contributed by atoms with van der Waals surface area (Å²) in [5, 5.41) is 6.13. The number of amides is 3. The molecule has 1 aliphatic heterocycles. The topological polar surface area (TPSA) is 81.8 Å². The van der Waals surface area contributed by atoms with Crippen molar-refractivity contribution in [1.29, 1.82) is 0 Å². The first kappa shape index (κ1) is 21.5. The number of fused-ring (bicyclic) bond motifs is 1. The van der Waals surface area contributed by atoms with E-state index in [9.17, 15) is 14.4 Å². The van der Waals surface area contributed by atoms with Gasteiger partial charge in [-0.25, -0.2) is 0 Å². The number of rotatable bonds is 10. The molecule has 0 spiro atoms. The summed E-state index contributed by atoms with van der Waals surface area (Å²) in [6.45, 7) is 8.29. The first-order valence-corrected chi connectivity index (χ1v) is 10.3. The van der Waals surface area contributed by atoms with Crippen molar-refractivity contribution < 1.29 is 14.4 Å². The van der Waals surface area contributed by atoms with Crippen molar-refractivity contribution in [3.05, 3.63) is 65.2 Å². The summed E-state index contributed by atoms with van der Waals surface area (Å²) in [5.74, 6) is -0.608. The van der Waals surface area contributed by atoms with Gasteiger partial charge in [-0.1, -0.05) is 26.0 Å². The number of nitrogens with one attached hydrogen (secondary N) is 2. The summed E-state index contributed by atoms with van der Waals surface area (Å²) >= 11 is 0. The lowest BCUT2D eigenvalue weighted by Gasteiger charge is -2.18. The molecule has 0 bridgehead atoms. The van der Waals surface area contributed by atoms with Gasteiger partial charge in [-0.15, -0.1) is 0 Å². The highest BCUT2D eigenvalue weighted by Gasteiger charge is 2.34. The van der Waals surface area contributed by atoms with Crippen LogP contribution in [0.1, 0.15) is 44.9 Å². The number of nitrogens with zero attached hydrogens (tertiary/aromatic N) is 2. The Kier molecular flexibility index (Phi) is 7.19. The number of anilines is 1. The Labute approximate surface area is 177 Å². The Balaban J connectivity index is 1.46. The molecule has 2 aromatic carbocycles. The largest absolute Gasteiger partial charge is 0.383 e. The molecule has 1 aliphatic rings. The Morgan fingerprint density at radius 2 is 1.50 bits per heavy atom. The monoisotopic (exact) mass is 408 g/mol. The van der Waals surface area contributed by atoms with Gasteiger partial charge in [0.15, 0.2) is 0 Å². The van der Waals surface area contributed by atoms with Crippen LogP contribution in [0.3, 0.4) is 0 Å². The van der Waals surface area contributed by atoms with E-state index >= 15 is 0 Å². The molecule has 3 rings (SSSR count). The van der Waals surface area contributed by atoms with Gasteiger partial charge < -0.3 is 15.5 Å². The molecule has 7 heteroatoms. The summed E-state index contributed by atoms with van der Waals surface area (Å²) in [6, 6.07) is 14.0. The zero-order valence-electron chi connectivity index (χ0n) is 17.5. The van der Waals surface area contributed by atoms with E-state index in [0.29, 0.717) is 29.8 Å². The predicted molar refractivity (Wildman–Crippen MR) is 117 cm³/mol. The number of imide groups is 1. The van der Waals surface area contributed by atoms with E-state index in [4.69, 9.17) is 0 Å². The predicted octanol–water partition coefficient (Wildman–Crippen LogP) is 2.47. The van der Waals surface area contributed by atoms with Gasteiger partial charge in [-0.3, -0.25) is 19.3 Å². The van der Waals surface area contributed by atoms with E-state index in [0.717, 1.165) is 25.3 Å². The molecule has 0 unspecified atom stereocenters. The van der Waals surface area contributed by atoms with Gasteiger partial charge in [0, 0.05) is 37.4 Å². The molecule has 2 N–H and O–H groups in total. The van der Waals surface area contributed by atoms with E-state index in [-0.39, 0.29) is 24.3 Å². The van der Waals surface area contributed by atoms with Gasteiger partial charge in [0.05, 0.1) is 11.1 Å². The van der Waals surface area contributed by atoms with E-state index in [1.165, 1.54) is 4.90 Å². The zero-order chi connectivity index (χ0) is 21.5. The van der Waals surface area contributed by atoms with Crippen molar-refractivity contribution in [2.24, 2.45) is 0 Å². The Morgan fingerprint density at radius 3 is 2.07 bits per heavy atom. The maximum absolute atomic E-state index is 12.4. The van der Waals surface area contributed by atoms with Crippen molar-refractivity contribution in [3.63, 3.8) is 0 Å². The first-order valence-electron chi connectivity index (χ1n) is 10.3. The van der Waals surface area contributed by atoms with E-state index in [1.54, 1.807) is 36.4 Å². The molecule has 2 aromatic rings. The van der Waals surface area contributed by atoms with Crippen LogP contribution in [0, 0.1) is 0 Å². The summed E-state index contributed by atoms with van der Waals surface area (Å²) in [5.41, 5.74) is 2.34. The minimum atomic E-state index is -0.255. The fourth-order valence-electron chi connectivity index (χ4n) is 3.46. The highest BCUT2D eigenvalue weighted by atomic mass is 16.2. The zero-order valence-corrected chi connectivity index (χ0v) is 17.5. The third-order valence-electron chi connectivity index (χ3n) is 5.30. The molecule has 0 saturated carbocycles. The summed E-state index contributed by atoms with van der Waals surface area (Å²) in [6.07, 6.45) is 0. The van der Waals surface area contributed by atoms with Crippen molar-refractivity contribution >= 4 is 23.4 Å². The molecular weight excluding hydrogens is 380 g/mol. The van der Waals surface area contributed by atoms with E-state index in [2.05, 4.69) is 29.4 Å². The second-order valence-corrected chi connectivity index (χ2v) is 7.09. The molecule has 0 radical (unpaired) electrons. The molecular formula is C23H28N4O3. The number of hydrogen-bond acceptors (Lipinski definition) is 5. The van der Waals surface area contributed by atoms with Crippen LogP contribution in [-0.4, -0.2) is 66.8 Å². The fourth-order valence-corrected chi connectivity index (χ4v) is 3.46. The van der Waals surface area contributed by atoms with Crippen molar-refractivity contribution in [2.45, 2.75) is 13.8 Å². The smallest absolute Gasteiger partial charge is 0.261 e. The number of carbonyl (C=O) groups is 3. The summed E-state index contributed by atoms with van der Waals surface area (Å²) in [4.78, 5) is 40.5. The minimum Gasteiger partial charge on any atom is -0.383 e. The molecule has 0 fully saturated rings. The lowest BCUT2D eigenvalue weighted by molar-refractivity contribution is 0.0660. The number of likely N-dealkylation sites (N-methyl/N-ethyl adjacent to an activating group) is 1. The van der Waals surface area contributed by atoms with E-state index < -0.39 is 0 Å². The Hall–Kier alpha value is -3.19. The van der Waals surface area contributed by atoms with Gasteiger partial charge in [-0.05, 0) is 49.5 Å². The molecule has 3 amide bonds. The highest BCUT2D eigenvalue weighted by Crippen LogP contribution is 2.22. The van der Waals surface area contributed by atoms with Gasteiger partial charge in [0.25, 0.3) is 17.7 Å². The number of benzene rings is 2. The molecule has 30 heavy (non-hydrogen) atoms. The molecule has 0 atom stereocenters. The number of hydrogen-bond donors (Lipinski definition) is 2. The van der Waals surface area contributed by atoms with Gasteiger partial charge in [0.1, 0.15) is 0 Å². The average molecular weight is 409 g/mol. The Morgan fingerprint density at radius 1 is 0.900 bits per heavy atom. The lowest BCUT2D eigenvalue weighted by atomic mass is 10.1. The highest BCUT2D eigenvalue weighted by molar-refractivity contribution is 6.21. The van der Waals surface area contributed by atoms with Gasteiger partial charge >= 0.3 is 0 Å². The molecule has 0 aliphatic carbocycles. The molecule has 0 saturated heterocycles.